The molecule has 0 spiro atoms. The molecular formula is C19H21N5O2. The van der Waals surface area contributed by atoms with Gasteiger partial charge in [-0.2, -0.15) is 0 Å². The van der Waals surface area contributed by atoms with Crippen LogP contribution in [0.3, 0.4) is 0 Å². The Morgan fingerprint density at radius 3 is 2.88 bits per heavy atom. The summed E-state index contributed by atoms with van der Waals surface area (Å²) in [4.78, 5) is 24.5. The Bertz CT molecular complexity index is 903. The lowest BCUT2D eigenvalue weighted by molar-refractivity contribution is -0.119. The minimum absolute atomic E-state index is 0.162. The third-order valence-corrected chi connectivity index (χ3v) is 4.73. The molecule has 0 saturated carbocycles. The number of aromatic nitrogens is 3. The summed E-state index contributed by atoms with van der Waals surface area (Å²) in [7, 11) is 0. The SMILES string of the molecule is NC(C(=O)Nc1ccc2nc(-c3ccccn3)[nH]c2c1)C1CCOCC1. The fourth-order valence-corrected chi connectivity index (χ4v) is 3.23. The molecule has 3 heterocycles. The van der Waals surface area contributed by atoms with Gasteiger partial charge in [0.25, 0.3) is 0 Å². The van der Waals surface area contributed by atoms with Crippen LogP contribution in [0.4, 0.5) is 5.69 Å². The van der Waals surface area contributed by atoms with Crippen LogP contribution < -0.4 is 11.1 Å². The quantitative estimate of drug-likeness (QED) is 0.669. The summed E-state index contributed by atoms with van der Waals surface area (Å²) in [6.45, 7) is 1.34. The Morgan fingerprint density at radius 1 is 1.27 bits per heavy atom. The van der Waals surface area contributed by atoms with Gasteiger partial charge in [0, 0.05) is 25.1 Å². The number of H-pyrrole nitrogens is 1. The summed E-state index contributed by atoms with van der Waals surface area (Å²) < 4.78 is 5.33. The molecule has 1 aliphatic heterocycles. The van der Waals surface area contributed by atoms with Gasteiger partial charge in [-0.25, -0.2) is 4.98 Å². The number of benzene rings is 1. The van der Waals surface area contributed by atoms with Crippen LogP contribution in [0.25, 0.3) is 22.6 Å². The maximum atomic E-state index is 12.5. The van der Waals surface area contributed by atoms with Crippen LogP contribution in [0, 0.1) is 5.92 Å². The van der Waals surface area contributed by atoms with Gasteiger partial charge in [0.1, 0.15) is 5.69 Å². The van der Waals surface area contributed by atoms with E-state index in [0.717, 1.165) is 29.6 Å². The third-order valence-electron chi connectivity index (χ3n) is 4.73. The van der Waals surface area contributed by atoms with Crippen LogP contribution in [0.15, 0.2) is 42.6 Å². The molecule has 0 radical (unpaired) electrons. The second-order valence-electron chi connectivity index (χ2n) is 6.50. The number of pyridine rings is 1. The van der Waals surface area contributed by atoms with E-state index in [2.05, 4.69) is 20.3 Å². The first-order chi connectivity index (χ1) is 12.7. The molecule has 1 aliphatic rings. The summed E-state index contributed by atoms with van der Waals surface area (Å²) in [5.41, 5.74) is 9.26. The lowest BCUT2D eigenvalue weighted by Gasteiger charge is -2.26. The van der Waals surface area contributed by atoms with Crippen molar-refractivity contribution in [2.45, 2.75) is 18.9 Å². The van der Waals surface area contributed by atoms with Crippen LogP contribution in [-0.2, 0) is 9.53 Å². The van der Waals surface area contributed by atoms with Gasteiger partial charge in [-0.1, -0.05) is 6.07 Å². The highest BCUT2D eigenvalue weighted by Gasteiger charge is 2.26. The number of ether oxygens (including phenoxy) is 1. The normalized spacial score (nSPS) is 16.5. The monoisotopic (exact) mass is 351 g/mol. The molecular weight excluding hydrogens is 330 g/mol. The highest BCUT2D eigenvalue weighted by Crippen LogP contribution is 2.23. The Kier molecular flexibility index (Phi) is 4.64. The van der Waals surface area contributed by atoms with E-state index >= 15 is 0 Å². The first-order valence-electron chi connectivity index (χ1n) is 8.76. The zero-order valence-electron chi connectivity index (χ0n) is 14.3. The van der Waals surface area contributed by atoms with E-state index in [9.17, 15) is 4.79 Å². The first-order valence-corrected chi connectivity index (χ1v) is 8.76. The van der Waals surface area contributed by atoms with Crippen molar-refractivity contribution in [3.8, 4) is 11.5 Å². The molecule has 26 heavy (non-hydrogen) atoms. The fraction of sp³-hybridized carbons (Fsp3) is 0.316. The molecule has 1 unspecified atom stereocenters. The van der Waals surface area contributed by atoms with Gasteiger partial charge in [-0.05, 0) is 49.1 Å². The molecule has 4 rings (SSSR count). The summed E-state index contributed by atoms with van der Waals surface area (Å²) in [5, 5.41) is 2.91. The zero-order chi connectivity index (χ0) is 17.9. The van der Waals surface area contributed by atoms with Gasteiger partial charge in [-0.15, -0.1) is 0 Å². The van der Waals surface area contributed by atoms with Gasteiger partial charge >= 0.3 is 0 Å². The van der Waals surface area contributed by atoms with E-state index in [-0.39, 0.29) is 11.8 Å². The standard InChI is InChI=1S/C19H21N5O2/c20-17(12-6-9-26-10-7-12)19(25)22-13-4-5-14-16(11-13)24-18(23-14)15-3-1-2-8-21-15/h1-5,8,11-12,17H,6-7,9-10,20H2,(H,22,25)(H,23,24). The second-order valence-corrected chi connectivity index (χ2v) is 6.50. The van der Waals surface area contributed by atoms with Crippen molar-refractivity contribution in [3.05, 3.63) is 42.6 Å². The number of rotatable bonds is 4. The van der Waals surface area contributed by atoms with Gasteiger partial charge in [-0.3, -0.25) is 9.78 Å². The van der Waals surface area contributed by atoms with Crippen molar-refractivity contribution >= 4 is 22.6 Å². The lowest BCUT2D eigenvalue weighted by atomic mass is 9.92. The molecule has 1 aromatic carbocycles. The molecule has 1 fully saturated rings. The third kappa shape index (κ3) is 3.44. The van der Waals surface area contributed by atoms with Crippen molar-refractivity contribution in [2.24, 2.45) is 11.7 Å². The molecule has 0 bridgehead atoms. The number of nitrogens with two attached hydrogens (primary N) is 1. The maximum Gasteiger partial charge on any atom is 0.241 e. The number of hydrogen-bond acceptors (Lipinski definition) is 5. The molecule has 134 valence electrons. The average Bonchev–Trinajstić information content (AvgIpc) is 3.12. The molecule has 7 nitrogen and oxygen atoms in total. The van der Waals surface area contributed by atoms with E-state index in [4.69, 9.17) is 10.5 Å². The summed E-state index contributed by atoms with van der Waals surface area (Å²) in [5.74, 6) is 0.694. The number of hydrogen-bond donors (Lipinski definition) is 3. The van der Waals surface area contributed by atoms with E-state index < -0.39 is 6.04 Å². The Balaban J connectivity index is 1.51. The second kappa shape index (κ2) is 7.23. The highest BCUT2D eigenvalue weighted by molar-refractivity contribution is 5.96. The Morgan fingerprint density at radius 2 is 2.12 bits per heavy atom. The molecule has 1 saturated heterocycles. The number of fused-ring (bicyclic) bond motifs is 1. The predicted molar refractivity (Wildman–Crippen MR) is 99.5 cm³/mol. The highest BCUT2D eigenvalue weighted by atomic mass is 16.5. The Labute approximate surface area is 151 Å². The van der Waals surface area contributed by atoms with Crippen LogP contribution in [0.1, 0.15) is 12.8 Å². The van der Waals surface area contributed by atoms with Crippen molar-refractivity contribution < 1.29 is 9.53 Å². The molecule has 1 atom stereocenters. The molecule has 4 N–H and O–H groups in total. The van der Waals surface area contributed by atoms with E-state index in [1.54, 1.807) is 6.20 Å². The number of amides is 1. The predicted octanol–water partition coefficient (Wildman–Crippen LogP) is 2.32. The van der Waals surface area contributed by atoms with Crippen LogP contribution in [-0.4, -0.2) is 40.1 Å². The molecule has 0 aliphatic carbocycles. The minimum Gasteiger partial charge on any atom is -0.381 e. The minimum atomic E-state index is -0.527. The Hall–Kier alpha value is -2.77. The molecule has 2 aromatic heterocycles. The van der Waals surface area contributed by atoms with Gasteiger partial charge in [0.2, 0.25) is 5.91 Å². The summed E-state index contributed by atoms with van der Waals surface area (Å²) >= 11 is 0. The van der Waals surface area contributed by atoms with Gasteiger partial charge < -0.3 is 20.8 Å². The van der Waals surface area contributed by atoms with Gasteiger partial charge in [0.15, 0.2) is 5.82 Å². The topological polar surface area (TPSA) is 106 Å². The first kappa shape index (κ1) is 16.7. The number of aromatic amines is 1. The van der Waals surface area contributed by atoms with Crippen molar-refractivity contribution in [3.63, 3.8) is 0 Å². The number of carbonyl (C=O) groups excluding carboxylic acids is 1. The maximum absolute atomic E-state index is 12.5. The number of imidazole rings is 1. The van der Waals surface area contributed by atoms with E-state index in [1.807, 2.05) is 36.4 Å². The zero-order valence-corrected chi connectivity index (χ0v) is 14.3. The van der Waals surface area contributed by atoms with Crippen LogP contribution in [0.5, 0.6) is 0 Å². The average molecular weight is 351 g/mol. The largest absolute Gasteiger partial charge is 0.381 e. The number of anilines is 1. The number of nitrogens with zero attached hydrogens (tertiary/aromatic N) is 2. The van der Waals surface area contributed by atoms with Crippen molar-refractivity contribution in [1.82, 2.24) is 15.0 Å². The number of carbonyl (C=O) groups is 1. The summed E-state index contributed by atoms with van der Waals surface area (Å²) in [6, 6.07) is 10.7. The van der Waals surface area contributed by atoms with Gasteiger partial charge in [0.05, 0.1) is 17.1 Å². The smallest absolute Gasteiger partial charge is 0.241 e. The van der Waals surface area contributed by atoms with E-state index in [1.165, 1.54) is 0 Å². The molecule has 1 amide bonds. The summed E-state index contributed by atoms with van der Waals surface area (Å²) in [6.07, 6.45) is 3.37. The number of nitrogens with one attached hydrogen (secondary N) is 2. The van der Waals surface area contributed by atoms with Crippen molar-refractivity contribution in [2.75, 3.05) is 18.5 Å². The van der Waals surface area contributed by atoms with Crippen LogP contribution >= 0.6 is 0 Å². The van der Waals surface area contributed by atoms with Crippen LogP contribution in [0.2, 0.25) is 0 Å². The molecule has 3 aromatic rings. The lowest BCUT2D eigenvalue weighted by Crippen LogP contribution is -2.43. The van der Waals surface area contributed by atoms with E-state index in [0.29, 0.717) is 24.7 Å². The fourth-order valence-electron chi connectivity index (χ4n) is 3.23. The molecule has 7 heteroatoms. The van der Waals surface area contributed by atoms with Crippen molar-refractivity contribution in [1.29, 1.82) is 0 Å².